The lowest BCUT2D eigenvalue weighted by Crippen LogP contribution is -1.82. The molecule has 54 heavy (non-hydrogen) atoms. The number of hydrogen-bond acceptors (Lipinski definition) is 8. The molecule has 6 aromatic rings. The van der Waals surface area contributed by atoms with Gasteiger partial charge in [0.05, 0.1) is 0 Å². The van der Waals surface area contributed by atoms with Crippen LogP contribution in [0.3, 0.4) is 0 Å². The minimum atomic E-state index is 0.834. The van der Waals surface area contributed by atoms with Gasteiger partial charge in [0.25, 0.3) is 0 Å². The van der Waals surface area contributed by atoms with Gasteiger partial charge in [-0.2, -0.15) is 50.5 Å². The summed E-state index contributed by atoms with van der Waals surface area (Å²) in [5, 5.41) is 0. The van der Waals surface area contributed by atoms with E-state index in [-0.39, 0.29) is 0 Å². The Labute approximate surface area is 371 Å². The number of benzene rings is 6. The van der Waals surface area contributed by atoms with Crippen LogP contribution in [0.15, 0.2) is 165 Å². The average molecular weight is 865 g/mol. The number of aryl methyl sites for hydroxylation is 4. The van der Waals surface area contributed by atoms with Gasteiger partial charge in [0.2, 0.25) is 0 Å². The van der Waals surface area contributed by atoms with Gasteiger partial charge in [-0.3, -0.25) is 0 Å². The van der Waals surface area contributed by atoms with E-state index in [4.69, 9.17) is 0 Å². The smallest absolute Gasteiger partial charge is 0.0154 e. The second-order valence-corrected chi connectivity index (χ2v) is 15.3. The Morgan fingerprint density at radius 3 is 1.06 bits per heavy atom. The van der Waals surface area contributed by atoms with Gasteiger partial charge in [-0.25, -0.2) is 0 Å². The van der Waals surface area contributed by atoms with E-state index >= 15 is 0 Å². The standard InChI is InChI=1S/2C9H12S.2C8H10S.2C6H6S2/c1-2-8-3-5-9(7-10)6-4-8;1-2-8-4-3-5-9(6-8)7-10;1-7-2-4-8(6-9)5-3-7;1-7-3-2-4-8(5-7)6-9;7-5-1-2-6(8)4-3-5;7-5-2-1-3-6(8)4-5/h2*3-6,10H,2,7H2,1H3;2*2-5,9H,6H2,1H3;2*1-4,7-8H. The summed E-state index contributed by atoms with van der Waals surface area (Å²) in [6.45, 7) is 8.50. The quantitative estimate of drug-likeness (QED) is 0.0752. The Bertz CT molecular complexity index is 1740. The van der Waals surface area contributed by atoms with Gasteiger partial charge < -0.3 is 0 Å². The molecule has 0 nitrogen and oxygen atoms in total. The molecule has 8 heteroatoms. The Balaban J connectivity index is 0.000000325. The number of rotatable bonds is 6. The third-order valence-corrected chi connectivity index (χ3v) is 10.1. The van der Waals surface area contributed by atoms with Crippen LogP contribution in [0.2, 0.25) is 0 Å². The molecule has 0 radical (unpaired) electrons. The number of thiol groups is 8. The topological polar surface area (TPSA) is 0 Å². The van der Waals surface area contributed by atoms with Crippen molar-refractivity contribution < 1.29 is 0 Å². The fourth-order valence-corrected chi connectivity index (χ4v) is 5.94. The molecule has 0 unspecified atom stereocenters. The second kappa shape index (κ2) is 31.2. The van der Waals surface area contributed by atoms with Crippen molar-refractivity contribution in [2.24, 2.45) is 0 Å². The zero-order valence-electron chi connectivity index (χ0n) is 31.7. The van der Waals surface area contributed by atoms with Gasteiger partial charge in [0.1, 0.15) is 0 Å². The third kappa shape index (κ3) is 24.6. The Hall–Kier alpha value is -1.88. The largest absolute Gasteiger partial charge is 0.175 e. The lowest BCUT2D eigenvalue weighted by molar-refractivity contribution is 1.13. The summed E-state index contributed by atoms with van der Waals surface area (Å²) in [4.78, 5) is 3.86. The van der Waals surface area contributed by atoms with Crippen molar-refractivity contribution in [1.82, 2.24) is 0 Å². The van der Waals surface area contributed by atoms with E-state index in [1.807, 2.05) is 48.5 Å². The van der Waals surface area contributed by atoms with Crippen LogP contribution in [0.25, 0.3) is 0 Å². The Kier molecular flexibility index (Phi) is 29.0. The van der Waals surface area contributed by atoms with Crippen LogP contribution in [0.1, 0.15) is 58.4 Å². The van der Waals surface area contributed by atoms with E-state index in [1.165, 1.54) is 44.5 Å². The zero-order valence-corrected chi connectivity index (χ0v) is 38.8. The van der Waals surface area contributed by atoms with E-state index in [1.54, 1.807) is 0 Å². The summed E-state index contributed by atoms with van der Waals surface area (Å²) in [6.07, 6.45) is 2.23. The van der Waals surface area contributed by atoms with Crippen LogP contribution in [-0.2, 0) is 35.9 Å². The summed E-state index contributed by atoms with van der Waals surface area (Å²) < 4.78 is 0. The monoisotopic (exact) mass is 864 g/mol. The van der Waals surface area contributed by atoms with E-state index in [2.05, 4.69) is 226 Å². The molecule has 0 saturated heterocycles. The molecule has 288 valence electrons. The molecule has 6 aromatic carbocycles. The second-order valence-electron chi connectivity index (χ2n) is 12.0. The normalized spacial score (nSPS) is 9.56. The summed E-state index contributed by atoms with van der Waals surface area (Å²) in [7, 11) is 0. The molecule has 0 saturated carbocycles. The van der Waals surface area contributed by atoms with E-state index in [0.717, 1.165) is 55.4 Å². The minimum absolute atomic E-state index is 0.834. The van der Waals surface area contributed by atoms with Crippen LogP contribution < -0.4 is 0 Å². The summed E-state index contributed by atoms with van der Waals surface area (Å²) in [6, 6.07) is 49.2. The van der Waals surface area contributed by atoms with Gasteiger partial charge in [0, 0.05) is 42.6 Å². The van der Waals surface area contributed by atoms with E-state index < -0.39 is 0 Å². The first-order valence-electron chi connectivity index (χ1n) is 17.6. The van der Waals surface area contributed by atoms with Crippen LogP contribution in [0.5, 0.6) is 0 Å². The maximum atomic E-state index is 4.20. The van der Waals surface area contributed by atoms with Gasteiger partial charge in [-0.05, 0) is 103 Å². The van der Waals surface area contributed by atoms with Crippen molar-refractivity contribution in [3.8, 4) is 0 Å². The first-order chi connectivity index (χ1) is 26.0. The fraction of sp³-hybridized carbons (Fsp3) is 0.217. The van der Waals surface area contributed by atoms with E-state index in [9.17, 15) is 0 Å². The van der Waals surface area contributed by atoms with Crippen LogP contribution >= 0.6 is 101 Å². The fourth-order valence-electron chi connectivity index (χ4n) is 4.28. The molecule has 0 heterocycles. The molecule has 0 aliphatic heterocycles. The maximum absolute atomic E-state index is 4.20. The predicted octanol–water partition coefficient (Wildman–Crippen LogP) is 14.7. The summed E-state index contributed by atoms with van der Waals surface area (Å²) in [5.41, 5.74) is 10.6. The summed E-state index contributed by atoms with van der Waals surface area (Å²) in [5.74, 6) is 3.35. The van der Waals surface area contributed by atoms with Gasteiger partial charge in [-0.1, -0.05) is 128 Å². The minimum Gasteiger partial charge on any atom is -0.175 e. The van der Waals surface area contributed by atoms with E-state index in [0.29, 0.717) is 0 Å². The van der Waals surface area contributed by atoms with Crippen molar-refractivity contribution in [3.63, 3.8) is 0 Å². The molecule has 0 atom stereocenters. The third-order valence-electron chi connectivity index (χ3n) is 7.44. The highest BCUT2D eigenvalue weighted by atomic mass is 32.1. The lowest BCUT2D eigenvalue weighted by Gasteiger charge is -1.98. The first kappa shape index (κ1) is 50.1. The Morgan fingerprint density at radius 1 is 0.315 bits per heavy atom. The molecule has 0 bridgehead atoms. The van der Waals surface area contributed by atoms with Crippen molar-refractivity contribution in [3.05, 3.63) is 190 Å². The van der Waals surface area contributed by atoms with Crippen molar-refractivity contribution in [2.75, 3.05) is 0 Å². The van der Waals surface area contributed by atoms with Crippen LogP contribution in [0.4, 0.5) is 0 Å². The molecular formula is C46H56S8. The maximum Gasteiger partial charge on any atom is 0.0154 e. The van der Waals surface area contributed by atoms with Crippen molar-refractivity contribution in [1.29, 1.82) is 0 Å². The molecular weight excluding hydrogens is 809 g/mol. The van der Waals surface area contributed by atoms with Gasteiger partial charge >= 0.3 is 0 Å². The van der Waals surface area contributed by atoms with Gasteiger partial charge in [-0.15, -0.1) is 50.5 Å². The SMILES string of the molecule is CCc1ccc(CS)cc1.CCc1cccc(CS)c1.Cc1ccc(CS)cc1.Cc1cccc(CS)c1.Sc1ccc(S)cc1.Sc1cccc(S)c1. The average Bonchev–Trinajstić information content (AvgIpc) is 3.20. The Morgan fingerprint density at radius 2 is 0.685 bits per heavy atom. The first-order valence-corrected chi connectivity index (χ1v) is 21.9. The highest BCUT2D eigenvalue weighted by Crippen LogP contribution is 2.12. The predicted molar refractivity (Wildman–Crippen MR) is 267 cm³/mol. The molecule has 6 rings (SSSR count). The highest BCUT2D eigenvalue weighted by molar-refractivity contribution is 7.81. The molecule has 0 aliphatic carbocycles. The molecule has 0 N–H and O–H groups in total. The number of hydrogen-bond donors (Lipinski definition) is 8. The van der Waals surface area contributed by atoms with Crippen LogP contribution in [-0.4, -0.2) is 0 Å². The van der Waals surface area contributed by atoms with Crippen molar-refractivity contribution >= 4 is 101 Å². The zero-order chi connectivity index (χ0) is 40.1. The van der Waals surface area contributed by atoms with Crippen LogP contribution in [0, 0.1) is 13.8 Å². The van der Waals surface area contributed by atoms with Crippen molar-refractivity contribution in [2.45, 2.75) is 83.1 Å². The lowest BCUT2D eigenvalue weighted by atomic mass is 10.1. The molecule has 0 spiro atoms. The molecule has 0 fully saturated rings. The summed E-state index contributed by atoms with van der Waals surface area (Å²) >= 11 is 33.1. The molecule has 0 aromatic heterocycles. The van der Waals surface area contributed by atoms with Gasteiger partial charge in [0.15, 0.2) is 0 Å². The molecule has 0 amide bonds. The molecule has 0 aliphatic rings. The highest BCUT2D eigenvalue weighted by Gasteiger charge is 1.91.